The molecule has 2 aromatic heterocycles. The number of ketones is 1. The number of nitrogens with one attached hydrogen (secondary N) is 1. The zero-order valence-corrected chi connectivity index (χ0v) is 32.4. The summed E-state index contributed by atoms with van der Waals surface area (Å²) in [7, 11) is 0. The van der Waals surface area contributed by atoms with Crippen molar-refractivity contribution in [1.82, 2.24) is 25.3 Å². The summed E-state index contributed by atoms with van der Waals surface area (Å²) in [5, 5.41) is 43.7. The molecule has 0 saturated carbocycles. The van der Waals surface area contributed by atoms with Crippen molar-refractivity contribution in [2.75, 3.05) is 6.79 Å². The van der Waals surface area contributed by atoms with Crippen molar-refractivity contribution < 1.29 is 103 Å². The fourth-order valence-corrected chi connectivity index (χ4v) is 4.84. The molecule has 5 rings (SSSR count). The predicted octanol–water partition coefficient (Wildman–Crippen LogP) is -4.71. The molecule has 2 atom stereocenters. The maximum Gasteiger partial charge on any atom is 1.00 e. The number of carbonyl (C=O) groups excluding carboxylic acids is 3. The molecule has 52 heavy (non-hydrogen) atoms. The zero-order valence-electron chi connectivity index (χ0n) is 28.4. The summed E-state index contributed by atoms with van der Waals surface area (Å²) in [4.78, 5) is 56.1. The average Bonchev–Trinajstić information content (AvgIpc) is 3.58. The van der Waals surface area contributed by atoms with Crippen LogP contribution in [0.4, 0.5) is 0 Å². The molecule has 0 spiro atoms. The Morgan fingerprint density at radius 3 is 2.44 bits per heavy atom. The quantitative estimate of drug-likeness (QED) is 0.0510. The first-order chi connectivity index (χ1) is 24.2. The molecule has 17 heteroatoms. The van der Waals surface area contributed by atoms with Gasteiger partial charge in [0, 0.05) is 53.9 Å². The van der Waals surface area contributed by atoms with Gasteiger partial charge in [0.25, 0.3) is 0 Å². The molecule has 256 valence electrons. The van der Waals surface area contributed by atoms with Gasteiger partial charge in [0.15, 0.2) is 24.8 Å². The Morgan fingerprint density at radius 2 is 1.73 bits per heavy atom. The number of carboxylic acid groups (broad SMARTS) is 2. The van der Waals surface area contributed by atoms with Crippen LogP contribution in [0.25, 0.3) is 12.2 Å². The van der Waals surface area contributed by atoms with Crippen LogP contribution in [-0.4, -0.2) is 67.7 Å². The topological polar surface area (TPSA) is 221 Å². The number of benzene rings is 2. The summed E-state index contributed by atoms with van der Waals surface area (Å²) in [6.07, 6.45) is 4.65. The molecule has 4 aromatic rings. The third-order valence-electron chi connectivity index (χ3n) is 7.29. The van der Waals surface area contributed by atoms with Crippen LogP contribution in [0.2, 0.25) is 0 Å². The number of aryl methyl sites for hydroxylation is 1. The Kier molecular flexibility index (Phi) is 16.6. The number of carbonyl (C=O) groups is 4. The van der Waals surface area contributed by atoms with Gasteiger partial charge in [-0.15, -0.1) is 5.10 Å². The SMILES string of the molecule is O=C([O-])C[C@@H](C(=O)O)n1cc(CCCC(=O)OCOC2N/C(=C\c3cccc(C(=O)c4ccccc4)c3)C([O-])=N/C2=C\c2ccccn2)nn1.[Na+].[Na+]. The van der Waals surface area contributed by atoms with Gasteiger partial charge >= 0.3 is 71.1 Å². The van der Waals surface area contributed by atoms with Crippen molar-refractivity contribution in [2.45, 2.75) is 38.0 Å². The third-order valence-corrected chi connectivity index (χ3v) is 7.29. The Bertz CT molecular complexity index is 1950. The van der Waals surface area contributed by atoms with Gasteiger partial charge in [-0.3, -0.25) is 19.6 Å². The molecule has 0 amide bonds. The molecule has 2 N–H and O–H groups in total. The molecule has 0 fully saturated rings. The summed E-state index contributed by atoms with van der Waals surface area (Å²) >= 11 is 0. The monoisotopic (exact) mass is 724 g/mol. The summed E-state index contributed by atoms with van der Waals surface area (Å²) < 4.78 is 12.0. The molecule has 1 unspecified atom stereocenters. The Hall–Kier alpha value is -4.48. The maximum absolute atomic E-state index is 13.1. The van der Waals surface area contributed by atoms with Gasteiger partial charge in [0.2, 0.25) is 0 Å². The molecule has 15 nitrogen and oxygen atoms in total. The summed E-state index contributed by atoms with van der Waals surface area (Å²) in [6, 6.07) is 19.3. The molecule has 0 bridgehead atoms. The number of nitrogens with zero attached hydrogens (tertiary/aromatic N) is 5. The van der Waals surface area contributed by atoms with Gasteiger partial charge in [-0.25, -0.2) is 9.48 Å². The van der Waals surface area contributed by atoms with Crippen molar-refractivity contribution in [2.24, 2.45) is 4.99 Å². The Balaban J connectivity index is 0.00000364. The molecular weight excluding hydrogens is 694 g/mol. The van der Waals surface area contributed by atoms with Gasteiger partial charge < -0.3 is 34.9 Å². The van der Waals surface area contributed by atoms with Crippen LogP contribution in [0.15, 0.2) is 102 Å². The predicted molar refractivity (Wildman–Crippen MR) is 172 cm³/mol. The molecule has 1 aliphatic heterocycles. The van der Waals surface area contributed by atoms with Crippen LogP contribution in [0.3, 0.4) is 0 Å². The van der Waals surface area contributed by atoms with Crippen LogP contribution in [-0.2, 0) is 30.3 Å². The molecular formula is C35H30N6Na2O9. The minimum absolute atomic E-state index is 0. The summed E-state index contributed by atoms with van der Waals surface area (Å²) in [5.41, 5.74) is 2.67. The first-order valence-electron chi connectivity index (χ1n) is 15.3. The fourth-order valence-electron chi connectivity index (χ4n) is 4.84. The minimum Gasteiger partial charge on any atom is -0.857 e. The molecule has 0 aliphatic carbocycles. The molecule has 2 aromatic carbocycles. The van der Waals surface area contributed by atoms with Gasteiger partial charge in [0.1, 0.15) is 0 Å². The first-order valence-corrected chi connectivity index (χ1v) is 15.3. The van der Waals surface area contributed by atoms with E-state index in [0.29, 0.717) is 28.1 Å². The largest absolute Gasteiger partial charge is 1.00 e. The number of aliphatic imine (C=N–C) groups is 1. The van der Waals surface area contributed by atoms with Crippen molar-refractivity contribution in [1.29, 1.82) is 0 Å². The van der Waals surface area contributed by atoms with E-state index < -0.39 is 49.3 Å². The van der Waals surface area contributed by atoms with Gasteiger partial charge in [0.05, 0.1) is 17.1 Å². The van der Waals surface area contributed by atoms with Crippen LogP contribution in [0, 0.1) is 0 Å². The van der Waals surface area contributed by atoms with E-state index in [2.05, 4.69) is 25.6 Å². The number of esters is 1. The Labute approximate surface area is 342 Å². The number of ether oxygens (including phenoxy) is 2. The summed E-state index contributed by atoms with van der Waals surface area (Å²) in [5.74, 6) is -4.31. The Morgan fingerprint density at radius 1 is 0.981 bits per heavy atom. The van der Waals surface area contributed by atoms with E-state index in [9.17, 15) is 34.5 Å². The van der Waals surface area contributed by atoms with E-state index in [0.717, 1.165) is 4.68 Å². The minimum atomic E-state index is -1.54. The number of aromatic nitrogens is 4. The van der Waals surface area contributed by atoms with Crippen LogP contribution < -0.4 is 74.6 Å². The molecule has 0 saturated heterocycles. The van der Waals surface area contributed by atoms with Crippen LogP contribution in [0.5, 0.6) is 0 Å². The van der Waals surface area contributed by atoms with E-state index >= 15 is 0 Å². The first kappa shape index (κ1) is 41.9. The standard InChI is InChI=1S/C35H32N6O9.2Na/c42-30(43)19-29(35(47)48)41-20-26(39-40-41)13-7-14-31(44)49-21-50-34-28(18-25-12-4-5-15-36-25)37-33(46)27(38-34)17-22-8-6-11-24(16-22)32(45)23-9-2-1-3-10-23;;/h1-6,8-12,15-18,20,29,34,38H,7,13-14,19,21H2,(H,37,46)(H,42,43)(H,47,48);;/q;2*+1/p-2/b27-17-,28-18-;;/t29-,34?;;/m0../s1. The fraction of sp³-hybridized carbons (Fsp3) is 0.200. The van der Waals surface area contributed by atoms with Gasteiger partial charge in [-0.05, 0) is 48.8 Å². The number of aliphatic carboxylic acids is 2. The van der Waals surface area contributed by atoms with E-state index in [1.165, 1.54) is 6.20 Å². The van der Waals surface area contributed by atoms with Crippen molar-refractivity contribution in [3.05, 3.63) is 125 Å². The van der Waals surface area contributed by atoms with Crippen LogP contribution in [0.1, 0.15) is 58.2 Å². The number of rotatable bonds is 15. The normalized spacial score (nSPS) is 15.7. The van der Waals surface area contributed by atoms with Gasteiger partial charge in [-0.1, -0.05) is 59.8 Å². The number of carboxylic acids is 2. The molecule has 3 heterocycles. The van der Waals surface area contributed by atoms with E-state index in [1.54, 1.807) is 85.1 Å². The number of hydrogen-bond acceptors (Lipinski definition) is 13. The van der Waals surface area contributed by atoms with E-state index in [4.69, 9.17) is 9.47 Å². The zero-order chi connectivity index (χ0) is 35.5. The maximum atomic E-state index is 13.1. The molecule has 1 aliphatic rings. The van der Waals surface area contributed by atoms with Gasteiger partial charge in [-0.2, -0.15) is 0 Å². The number of hydrogen-bond donors (Lipinski definition) is 2. The number of pyridine rings is 1. The smallest absolute Gasteiger partial charge is 0.857 e. The summed E-state index contributed by atoms with van der Waals surface area (Å²) in [6.45, 7) is -0.492. The second kappa shape index (κ2) is 20.5. The van der Waals surface area contributed by atoms with Crippen LogP contribution >= 0.6 is 0 Å². The van der Waals surface area contributed by atoms with Crippen molar-refractivity contribution in [3.63, 3.8) is 0 Å². The van der Waals surface area contributed by atoms with E-state index in [1.807, 2.05) is 6.07 Å². The second-order valence-corrected chi connectivity index (χ2v) is 10.9. The van der Waals surface area contributed by atoms with Crippen molar-refractivity contribution in [3.8, 4) is 0 Å². The second-order valence-electron chi connectivity index (χ2n) is 10.9. The van der Waals surface area contributed by atoms with Crippen molar-refractivity contribution >= 4 is 41.7 Å². The average molecular weight is 725 g/mol. The van der Waals surface area contributed by atoms with E-state index in [-0.39, 0.29) is 95.6 Å². The third kappa shape index (κ3) is 12.1. The molecule has 0 radical (unpaired) electrons.